The maximum atomic E-state index is 13.7. The summed E-state index contributed by atoms with van der Waals surface area (Å²) in [5.74, 6) is -0.370. The van der Waals surface area contributed by atoms with E-state index in [1.165, 1.54) is 18.2 Å². The molecule has 0 radical (unpaired) electrons. The number of aromatic nitrogens is 2. The number of rotatable bonds is 7. The first-order valence-electron chi connectivity index (χ1n) is 8.40. The van der Waals surface area contributed by atoms with Crippen LogP contribution in [0, 0.1) is 5.82 Å². The predicted molar refractivity (Wildman–Crippen MR) is 95.9 cm³/mol. The van der Waals surface area contributed by atoms with Crippen molar-refractivity contribution in [1.29, 1.82) is 0 Å². The highest BCUT2D eigenvalue weighted by Crippen LogP contribution is 2.23. The Morgan fingerprint density at radius 2 is 2.04 bits per heavy atom. The Labute approximate surface area is 154 Å². The predicted octanol–water partition coefficient (Wildman–Crippen LogP) is 3.55. The summed E-state index contributed by atoms with van der Waals surface area (Å²) in [5.41, 5.74) is 0.681. The van der Waals surface area contributed by atoms with Crippen molar-refractivity contribution >= 4 is 11.6 Å². The van der Waals surface area contributed by atoms with Crippen molar-refractivity contribution in [3.05, 3.63) is 54.2 Å². The largest absolute Gasteiger partial charge is 0.505 e. The molecule has 1 heterocycles. The highest BCUT2D eigenvalue weighted by Gasteiger charge is 2.13. The SMILES string of the molecule is CCOc1ccc(-c2noc(CCC(=O)Nc3cccc(O)c3F)n2)cc1. The molecule has 0 unspecified atom stereocenters. The Bertz CT molecular complexity index is 925. The number of nitrogens with one attached hydrogen (secondary N) is 1. The van der Waals surface area contributed by atoms with E-state index >= 15 is 0 Å². The number of ether oxygens (including phenoxy) is 1. The van der Waals surface area contributed by atoms with E-state index in [4.69, 9.17) is 9.26 Å². The molecule has 140 valence electrons. The summed E-state index contributed by atoms with van der Waals surface area (Å²) in [7, 11) is 0. The smallest absolute Gasteiger partial charge is 0.227 e. The average Bonchev–Trinajstić information content (AvgIpc) is 3.14. The van der Waals surface area contributed by atoms with Gasteiger partial charge < -0.3 is 19.7 Å². The van der Waals surface area contributed by atoms with Gasteiger partial charge in [0.25, 0.3) is 0 Å². The first kappa shape index (κ1) is 18.4. The van der Waals surface area contributed by atoms with E-state index in [1.807, 2.05) is 31.2 Å². The summed E-state index contributed by atoms with van der Waals surface area (Å²) in [6, 6.07) is 11.3. The number of hydrogen-bond donors (Lipinski definition) is 2. The molecule has 0 spiro atoms. The minimum absolute atomic E-state index is 0.0278. The highest BCUT2D eigenvalue weighted by atomic mass is 19.1. The van der Waals surface area contributed by atoms with Gasteiger partial charge in [0.2, 0.25) is 17.6 Å². The molecule has 0 saturated carbocycles. The Kier molecular flexibility index (Phi) is 5.65. The van der Waals surface area contributed by atoms with E-state index < -0.39 is 17.5 Å². The standard InChI is InChI=1S/C19H18FN3O4/c1-2-26-13-8-6-12(7-9-13)19-22-17(27-23-19)11-10-16(25)21-14-4-3-5-15(24)18(14)20/h3-9,24H,2,10-11H2,1H3,(H,21,25). The van der Waals surface area contributed by atoms with Gasteiger partial charge in [0.1, 0.15) is 5.75 Å². The number of anilines is 1. The van der Waals surface area contributed by atoms with Crippen molar-refractivity contribution in [2.75, 3.05) is 11.9 Å². The number of hydrogen-bond acceptors (Lipinski definition) is 6. The molecule has 7 nitrogen and oxygen atoms in total. The molecule has 0 bridgehead atoms. The molecule has 2 N–H and O–H groups in total. The minimum Gasteiger partial charge on any atom is -0.505 e. The first-order valence-corrected chi connectivity index (χ1v) is 8.40. The molecule has 8 heteroatoms. The van der Waals surface area contributed by atoms with Crippen molar-refractivity contribution < 1.29 is 23.6 Å². The topological polar surface area (TPSA) is 97.5 Å². The molecule has 0 atom stereocenters. The van der Waals surface area contributed by atoms with Crippen molar-refractivity contribution in [3.8, 4) is 22.9 Å². The summed E-state index contributed by atoms with van der Waals surface area (Å²) in [4.78, 5) is 16.2. The van der Waals surface area contributed by atoms with E-state index in [9.17, 15) is 14.3 Å². The summed E-state index contributed by atoms with van der Waals surface area (Å²) >= 11 is 0. The lowest BCUT2D eigenvalue weighted by Crippen LogP contribution is -2.13. The van der Waals surface area contributed by atoms with Gasteiger partial charge in [0, 0.05) is 18.4 Å². The zero-order valence-corrected chi connectivity index (χ0v) is 14.6. The molecule has 0 saturated heterocycles. The number of carbonyl (C=O) groups is 1. The molecule has 1 amide bonds. The van der Waals surface area contributed by atoms with Crippen LogP contribution in [0.3, 0.4) is 0 Å². The summed E-state index contributed by atoms with van der Waals surface area (Å²) < 4.78 is 24.2. The third-order valence-electron chi connectivity index (χ3n) is 3.71. The van der Waals surface area contributed by atoms with Crippen LogP contribution < -0.4 is 10.1 Å². The molecule has 1 aromatic heterocycles. The summed E-state index contributed by atoms with van der Waals surface area (Å²) in [6.45, 7) is 2.49. The van der Waals surface area contributed by atoms with E-state index in [2.05, 4.69) is 15.5 Å². The van der Waals surface area contributed by atoms with Crippen LogP contribution in [0.15, 0.2) is 47.0 Å². The average molecular weight is 371 g/mol. The molecule has 2 aromatic carbocycles. The van der Waals surface area contributed by atoms with E-state index in [0.717, 1.165) is 11.3 Å². The van der Waals surface area contributed by atoms with E-state index in [1.54, 1.807) is 0 Å². The molecular weight excluding hydrogens is 353 g/mol. The van der Waals surface area contributed by atoms with Crippen molar-refractivity contribution in [3.63, 3.8) is 0 Å². The van der Waals surface area contributed by atoms with Gasteiger partial charge in [-0.05, 0) is 43.3 Å². The molecular formula is C19H18FN3O4. The van der Waals surface area contributed by atoms with Gasteiger partial charge in [0.05, 0.1) is 12.3 Å². The lowest BCUT2D eigenvalue weighted by Gasteiger charge is -2.06. The minimum atomic E-state index is -0.874. The van der Waals surface area contributed by atoms with Crippen LogP contribution >= 0.6 is 0 Å². The fraction of sp³-hybridized carbons (Fsp3) is 0.211. The maximum absolute atomic E-state index is 13.7. The fourth-order valence-corrected chi connectivity index (χ4v) is 2.39. The van der Waals surface area contributed by atoms with Crippen molar-refractivity contribution in [2.45, 2.75) is 19.8 Å². The molecule has 3 aromatic rings. The van der Waals surface area contributed by atoms with Gasteiger partial charge in [-0.25, -0.2) is 4.39 Å². The molecule has 0 fully saturated rings. The van der Waals surface area contributed by atoms with Gasteiger partial charge in [-0.2, -0.15) is 4.98 Å². The van der Waals surface area contributed by atoms with E-state index in [0.29, 0.717) is 18.3 Å². The molecule has 0 aliphatic carbocycles. The second-order valence-electron chi connectivity index (χ2n) is 5.66. The number of phenols is 1. The monoisotopic (exact) mass is 371 g/mol. The van der Waals surface area contributed by atoms with Crippen LogP contribution in [0.2, 0.25) is 0 Å². The summed E-state index contributed by atoms with van der Waals surface area (Å²) in [6.07, 6.45) is 0.232. The zero-order valence-electron chi connectivity index (χ0n) is 14.6. The Hall–Kier alpha value is -3.42. The van der Waals surface area contributed by atoms with Crippen molar-refractivity contribution in [2.24, 2.45) is 0 Å². The first-order chi connectivity index (χ1) is 13.1. The Morgan fingerprint density at radius 3 is 2.78 bits per heavy atom. The lowest BCUT2D eigenvalue weighted by molar-refractivity contribution is -0.116. The van der Waals surface area contributed by atoms with Crippen molar-refractivity contribution in [1.82, 2.24) is 10.1 Å². The lowest BCUT2D eigenvalue weighted by atomic mass is 10.2. The van der Waals surface area contributed by atoms with Gasteiger partial charge in [-0.15, -0.1) is 0 Å². The number of carbonyl (C=O) groups excluding carboxylic acids is 1. The number of benzene rings is 2. The van der Waals surface area contributed by atoms with E-state index in [-0.39, 0.29) is 18.5 Å². The maximum Gasteiger partial charge on any atom is 0.227 e. The number of amides is 1. The summed E-state index contributed by atoms with van der Waals surface area (Å²) in [5, 5.41) is 15.6. The molecule has 27 heavy (non-hydrogen) atoms. The second kappa shape index (κ2) is 8.31. The van der Waals surface area contributed by atoms with Crippen LogP contribution in [-0.2, 0) is 11.2 Å². The number of halogens is 1. The Morgan fingerprint density at radius 1 is 1.26 bits per heavy atom. The van der Waals surface area contributed by atoms with Crippen LogP contribution in [0.4, 0.5) is 10.1 Å². The number of phenolic OH excluding ortho intramolecular Hbond substituents is 1. The van der Waals surface area contributed by atoms with Gasteiger partial charge in [-0.1, -0.05) is 11.2 Å². The zero-order chi connectivity index (χ0) is 19.2. The number of aryl methyl sites for hydroxylation is 1. The van der Waals surface area contributed by atoms with Crippen LogP contribution in [0.25, 0.3) is 11.4 Å². The fourth-order valence-electron chi connectivity index (χ4n) is 2.39. The normalized spacial score (nSPS) is 10.6. The molecule has 3 rings (SSSR count). The quantitative estimate of drug-likeness (QED) is 0.659. The van der Waals surface area contributed by atoms with Crippen LogP contribution in [0.5, 0.6) is 11.5 Å². The van der Waals surface area contributed by atoms with Gasteiger partial charge in [0.15, 0.2) is 11.6 Å². The van der Waals surface area contributed by atoms with Crippen LogP contribution in [-0.4, -0.2) is 27.8 Å². The third kappa shape index (κ3) is 4.60. The van der Waals surface area contributed by atoms with Gasteiger partial charge >= 0.3 is 0 Å². The molecule has 0 aliphatic rings. The second-order valence-corrected chi connectivity index (χ2v) is 5.66. The molecule has 0 aliphatic heterocycles. The third-order valence-corrected chi connectivity index (χ3v) is 3.71. The highest BCUT2D eigenvalue weighted by molar-refractivity contribution is 5.91. The number of aromatic hydroxyl groups is 1. The van der Waals surface area contributed by atoms with Crippen LogP contribution in [0.1, 0.15) is 19.2 Å². The number of nitrogens with zero attached hydrogens (tertiary/aromatic N) is 2. The Balaban J connectivity index is 1.57. The van der Waals surface area contributed by atoms with Gasteiger partial charge in [-0.3, -0.25) is 4.79 Å².